The van der Waals surface area contributed by atoms with Crippen LogP contribution in [0, 0.1) is 6.92 Å². The first kappa shape index (κ1) is 11.1. The lowest BCUT2D eigenvalue weighted by atomic mass is 10.1. The van der Waals surface area contributed by atoms with E-state index in [-0.39, 0.29) is 0 Å². The van der Waals surface area contributed by atoms with Crippen molar-refractivity contribution in [3.05, 3.63) is 28.6 Å². The Morgan fingerprint density at radius 2 is 2.24 bits per heavy atom. The molecule has 1 fully saturated rings. The van der Waals surface area contributed by atoms with Crippen molar-refractivity contribution in [2.75, 3.05) is 7.11 Å². The van der Waals surface area contributed by atoms with Crippen molar-refractivity contribution in [2.45, 2.75) is 32.4 Å². The molecule has 0 aliphatic heterocycles. The van der Waals surface area contributed by atoms with Gasteiger partial charge in [0.15, 0.2) is 0 Å². The number of thiophene rings is 1. The third-order valence-electron chi connectivity index (χ3n) is 3.37. The van der Waals surface area contributed by atoms with E-state index in [0.717, 1.165) is 18.3 Å². The van der Waals surface area contributed by atoms with Gasteiger partial charge in [0.25, 0.3) is 0 Å². The molecule has 1 N–H and O–H groups in total. The first-order valence-corrected chi connectivity index (χ1v) is 6.89. The van der Waals surface area contributed by atoms with Gasteiger partial charge in [-0.3, -0.25) is 0 Å². The van der Waals surface area contributed by atoms with Crippen molar-refractivity contribution in [1.82, 2.24) is 5.32 Å². The summed E-state index contributed by atoms with van der Waals surface area (Å²) in [6, 6.07) is 7.11. The Labute approximate surface area is 106 Å². The molecule has 0 bridgehead atoms. The quantitative estimate of drug-likeness (QED) is 0.893. The number of nitrogens with one attached hydrogen (secondary N) is 1. The zero-order valence-corrected chi connectivity index (χ0v) is 11.1. The minimum absolute atomic E-state index is 0.772. The number of hydrogen-bond donors (Lipinski definition) is 1. The van der Waals surface area contributed by atoms with Crippen LogP contribution < -0.4 is 10.1 Å². The van der Waals surface area contributed by atoms with Gasteiger partial charge in [-0.25, -0.2) is 0 Å². The number of rotatable bonds is 4. The molecule has 0 radical (unpaired) electrons. The van der Waals surface area contributed by atoms with E-state index in [4.69, 9.17) is 4.74 Å². The zero-order valence-electron chi connectivity index (χ0n) is 10.2. The predicted molar refractivity (Wildman–Crippen MR) is 73.0 cm³/mol. The Balaban J connectivity index is 1.92. The molecule has 0 amide bonds. The van der Waals surface area contributed by atoms with Crippen LogP contribution >= 0.6 is 11.3 Å². The van der Waals surface area contributed by atoms with Gasteiger partial charge in [-0.15, -0.1) is 11.3 Å². The van der Waals surface area contributed by atoms with Gasteiger partial charge in [0, 0.05) is 22.2 Å². The van der Waals surface area contributed by atoms with Crippen LogP contribution in [-0.2, 0) is 6.54 Å². The second-order valence-corrected chi connectivity index (χ2v) is 5.80. The molecule has 3 rings (SSSR count). The van der Waals surface area contributed by atoms with Crippen molar-refractivity contribution in [3.8, 4) is 5.75 Å². The van der Waals surface area contributed by atoms with Crippen LogP contribution in [0.1, 0.15) is 23.3 Å². The smallest absolute Gasteiger partial charge is 0.119 e. The highest BCUT2D eigenvalue weighted by Crippen LogP contribution is 2.33. The molecule has 90 valence electrons. The van der Waals surface area contributed by atoms with Gasteiger partial charge in [0.1, 0.15) is 5.75 Å². The lowest BCUT2D eigenvalue weighted by molar-refractivity contribution is 0.415. The van der Waals surface area contributed by atoms with E-state index in [0.29, 0.717) is 0 Å². The highest BCUT2D eigenvalue weighted by molar-refractivity contribution is 7.19. The van der Waals surface area contributed by atoms with Crippen molar-refractivity contribution in [2.24, 2.45) is 0 Å². The molecule has 2 aromatic rings. The number of benzene rings is 1. The van der Waals surface area contributed by atoms with Crippen LogP contribution in [0.25, 0.3) is 10.1 Å². The van der Waals surface area contributed by atoms with Gasteiger partial charge >= 0.3 is 0 Å². The van der Waals surface area contributed by atoms with E-state index in [1.165, 1.54) is 33.4 Å². The van der Waals surface area contributed by atoms with Crippen molar-refractivity contribution in [1.29, 1.82) is 0 Å². The van der Waals surface area contributed by atoms with Gasteiger partial charge < -0.3 is 10.1 Å². The Bertz CT molecular complexity index is 542. The van der Waals surface area contributed by atoms with Crippen LogP contribution in [0.2, 0.25) is 0 Å². The minimum Gasteiger partial charge on any atom is -0.497 e. The number of methoxy groups -OCH3 is 1. The number of hydrogen-bond acceptors (Lipinski definition) is 3. The summed E-state index contributed by atoms with van der Waals surface area (Å²) >= 11 is 1.89. The first-order chi connectivity index (χ1) is 8.28. The van der Waals surface area contributed by atoms with E-state index < -0.39 is 0 Å². The average Bonchev–Trinajstić information content (AvgIpc) is 3.13. The SMILES string of the molecule is COc1ccc2sc(CNC3CC3)c(C)c2c1. The Hall–Kier alpha value is -1.06. The summed E-state index contributed by atoms with van der Waals surface area (Å²) in [6.45, 7) is 3.22. The summed E-state index contributed by atoms with van der Waals surface area (Å²) < 4.78 is 6.64. The van der Waals surface area contributed by atoms with Crippen molar-refractivity contribution >= 4 is 21.4 Å². The zero-order chi connectivity index (χ0) is 11.8. The van der Waals surface area contributed by atoms with Gasteiger partial charge in [-0.2, -0.15) is 0 Å². The molecule has 3 heteroatoms. The topological polar surface area (TPSA) is 21.3 Å². The molecule has 0 spiro atoms. The summed E-state index contributed by atoms with van der Waals surface area (Å²) in [5, 5.41) is 4.92. The third kappa shape index (κ3) is 2.17. The second-order valence-electron chi connectivity index (χ2n) is 4.67. The van der Waals surface area contributed by atoms with Crippen LogP contribution in [0.5, 0.6) is 5.75 Å². The summed E-state index contributed by atoms with van der Waals surface area (Å²) in [6.07, 6.45) is 2.69. The van der Waals surface area contributed by atoms with E-state index >= 15 is 0 Å². The highest BCUT2D eigenvalue weighted by Gasteiger charge is 2.21. The van der Waals surface area contributed by atoms with Crippen LogP contribution in [0.15, 0.2) is 18.2 Å². The normalized spacial score (nSPS) is 15.4. The molecule has 1 aromatic carbocycles. The molecule has 1 aliphatic rings. The van der Waals surface area contributed by atoms with Gasteiger partial charge in [-0.05, 0) is 48.9 Å². The molecular formula is C14H17NOS. The lowest BCUT2D eigenvalue weighted by Crippen LogP contribution is -2.14. The maximum atomic E-state index is 5.28. The van der Waals surface area contributed by atoms with Crippen LogP contribution in [0.4, 0.5) is 0 Å². The first-order valence-electron chi connectivity index (χ1n) is 6.07. The maximum absolute atomic E-state index is 5.28. The van der Waals surface area contributed by atoms with E-state index in [1.54, 1.807) is 7.11 Å². The van der Waals surface area contributed by atoms with E-state index in [1.807, 2.05) is 17.4 Å². The van der Waals surface area contributed by atoms with Gasteiger partial charge in [0.05, 0.1) is 7.11 Å². The second kappa shape index (κ2) is 4.31. The van der Waals surface area contributed by atoms with Crippen LogP contribution in [-0.4, -0.2) is 13.2 Å². The maximum Gasteiger partial charge on any atom is 0.119 e. The van der Waals surface area contributed by atoms with Crippen molar-refractivity contribution < 1.29 is 4.74 Å². The third-order valence-corrected chi connectivity index (χ3v) is 4.64. The Morgan fingerprint density at radius 1 is 1.41 bits per heavy atom. The van der Waals surface area contributed by atoms with Gasteiger partial charge in [-0.1, -0.05) is 0 Å². The molecule has 1 saturated carbocycles. The fraction of sp³-hybridized carbons (Fsp3) is 0.429. The highest BCUT2D eigenvalue weighted by atomic mass is 32.1. The standard InChI is InChI=1S/C14H17NOS/c1-9-12-7-11(16-2)5-6-13(12)17-14(9)8-15-10-3-4-10/h5-7,10,15H,3-4,8H2,1-2H3. The molecule has 0 atom stereocenters. The van der Waals surface area contributed by atoms with Crippen molar-refractivity contribution in [3.63, 3.8) is 0 Å². The summed E-state index contributed by atoms with van der Waals surface area (Å²) in [5.41, 5.74) is 1.40. The number of fused-ring (bicyclic) bond motifs is 1. The fourth-order valence-corrected chi connectivity index (χ4v) is 3.21. The fourth-order valence-electron chi connectivity index (χ4n) is 2.07. The number of aryl methyl sites for hydroxylation is 1. The minimum atomic E-state index is 0.772. The summed E-state index contributed by atoms with van der Waals surface area (Å²) in [4.78, 5) is 1.46. The van der Waals surface area contributed by atoms with E-state index in [2.05, 4.69) is 24.4 Å². The van der Waals surface area contributed by atoms with Gasteiger partial charge in [0.2, 0.25) is 0 Å². The summed E-state index contributed by atoms with van der Waals surface area (Å²) in [7, 11) is 1.72. The average molecular weight is 247 g/mol. The molecule has 17 heavy (non-hydrogen) atoms. The monoisotopic (exact) mass is 247 g/mol. The molecular weight excluding hydrogens is 230 g/mol. The summed E-state index contributed by atoms with van der Waals surface area (Å²) in [5.74, 6) is 0.945. The molecule has 0 unspecified atom stereocenters. The lowest BCUT2D eigenvalue weighted by Gasteiger charge is -2.01. The molecule has 0 saturated heterocycles. The number of ether oxygens (including phenoxy) is 1. The predicted octanol–water partition coefficient (Wildman–Crippen LogP) is 3.47. The largest absolute Gasteiger partial charge is 0.497 e. The molecule has 2 nitrogen and oxygen atoms in total. The molecule has 1 heterocycles. The Morgan fingerprint density at radius 3 is 2.94 bits per heavy atom. The Kier molecular flexibility index (Phi) is 2.81. The van der Waals surface area contributed by atoms with E-state index in [9.17, 15) is 0 Å². The van der Waals surface area contributed by atoms with Crippen LogP contribution in [0.3, 0.4) is 0 Å². The molecule has 1 aliphatic carbocycles. The molecule has 1 aromatic heterocycles.